The zero-order valence-electron chi connectivity index (χ0n) is 16.8. The minimum Gasteiger partial charge on any atom is -0.447 e. The molecule has 1 saturated heterocycles. The molecule has 8 heteroatoms. The van der Waals surface area contributed by atoms with Gasteiger partial charge < -0.3 is 14.2 Å². The first-order chi connectivity index (χ1) is 14.8. The van der Waals surface area contributed by atoms with Crippen LogP contribution in [0.1, 0.15) is 27.5 Å². The molecule has 0 radical (unpaired) electrons. The van der Waals surface area contributed by atoms with Crippen LogP contribution in [0.15, 0.2) is 53.4 Å². The Bertz CT molecular complexity index is 1010. The Balaban J connectivity index is 1.17. The number of nitrogens with zero attached hydrogens (tertiary/aromatic N) is 6. The summed E-state index contributed by atoms with van der Waals surface area (Å²) >= 11 is 0. The average Bonchev–Trinajstić information content (AvgIpc) is 3.28. The zero-order valence-corrected chi connectivity index (χ0v) is 16.8. The van der Waals surface area contributed by atoms with E-state index in [4.69, 9.17) is 4.42 Å². The van der Waals surface area contributed by atoms with E-state index in [-0.39, 0.29) is 5.91 Å². The Morgan fingerprint density at radius 3 is 2.53 bits per heavy atom. The van der Waals surface area contributed by atoms with E-state index in [0.717, 1.165) is 38.5 Å². The molecule has 1 fully saturated rings. The standard InChI is InChI=1S/C22H24N6O2/c29-21(28-9-6-17-4-1-2-5-18(17)14-28)19-16-30-20(25-19)15-26-10-12-27(13-11-26)22-23-7-3-8-24-22/h1-5,7-8,16H,6,9-15H2. The van der Waals surface area contributed by atoms with Crippen LogP contribution in [0.3, 0.4) is 0 Å². The fourth-order valence-corrected chi connectivity index (χ4v) is 4.06. The van der Waals surface area contributed by atoms with Crippen molar-refractivity contribution in [2.45, 2.75) is 19.5 Å². The molecule has 4 heterocycles. The van der Waals surface area contributed by atoms with Gasteiger partial charge in [-0.05, 0) is 23.6 Å². The summed E-state index contributed by atoms with van der Waals surface area (Å²) in [6.45, 7) is 5.37. The second-order valence-electron chi connectivity index (χ2n) is 7.68. The van der Waals surface area contributed by atoms with Gasteiger partial charge in [0, 0.05) is 51.7 Å². The fraction of sp³-hybridized carbons (Fsp3) is 0.364. The van der Waals surface area contributed by atoms with Gasteiger partial charge in [-0.25, -0.2) is 15.0 Å². The van der Waals surface area contributed by atoms with Crippen LogP contribution in [-0.4, -0.2) is 63.4 Å². The summed E-state index contributed by atoms with van der Waals surface area (Å²) in [6.07, 6.45) is 5.90. The van der Waals surface area contributed by atoms with Crippen molar-refractivity contribution in [3.63, 3.8) is 0 Å². The summed E-state index contributed by atoms with van der Waals surface area (Å²) in [7, 11) is 0. The lowest BCUT2D eigenvalue weighted by Crippen LogP contribution is -2.46. The maximum Gasteiger partial charge on any atom is 0.276 e. The number of fused-ring (bicyclic) bond motifs is 1. The number of amides is 1. The topological polar surface area (TPSA) is 78.6 Å². The molecule has 2 aliphatic heterocycles. The Morgan fingerprint density at radius 1 is 0.967 bits per heavy atom. The molecule has 3 aromatic rings. The van der Waals surface area contributed by atoms with E-state index >= 15 is 0 Å². The van der Waals surface area contributed by atoms with E-state index in [0.29, 0.717) is 31.2 Å². The Morgan fingerprint density at radius 2 is 1.73 bits per heavy atom. The predicted octanol–water partition coefficient (Wildman–Crippen LogP) is 1.99. The third-order valence-corrected chi connectivity index (χ3v) is 5.75. The monoisotopic (exact) mass is 404 g/mol. The summed E-state index contributed by atoms with van der Waals surface area (Å²) in [4.78, 5) is 32.3. The lowest BCUT2D eigenvalue weighted by molar-refractivity contribution is 0.0728. The molecule has 8 nitrogen and oxygen atoms in total. The summed E-state index contributed by atoms with van der Waals surface area (Å²) in [5.74, 6) is 1.29. The fourth-order valence-electron chi connectivity index (χ4n) is 4.06. The number of piperazine rings is 1. The quantitative estimate of drug-likeness (QED) is 0.658. The number of oxazole rings is 1. The van der Waals surface area contributed by atoms with Crippen molar-refractivity contribution in [3.05, 3.63) is 71.7 Å². The van der Waals surface area contributed by atoms with E-state index in [9.17, 15) is 4.79 Å². The minimum absolute atomic E-state index is 0.0643. The van der Waals surface area contributed by atoms with Crippen LogP contribution in [0.5, 0.6) is 0 Å². The van der Waals surface area contributed by atoms with Crippen LogP contribution in [0, 0.1) is 0 Å². The molecule has 0 aliphatic carbocycles. The molecule has 0 spiro atoms. The lowest BCUT2D eigenvalue weighted by Gasteiger charge is -2.33. The third kappa shape index (κ3) is 3.91. The number of anilines is 1. The van der Waals surface area contributed by atoms with E-state index in [1.54, 1.807) is 12.4 Å². The number of hydrogen-bond acceptors (Lipinski definition) is 7. The lowest BCUT2D eigenvalue weighted by atomic mass is 10.00. The smallest absolute Gasteiger partial charge is 0.276 e. The molecular weight excluding hydrogens is 380 g/mol. The first-order valence-corrected chi connectivity index (χ1v) is 10.3. The first kappa shape index (κ1) is 18.7. The Labute approximate surface area is 175 Å². The van der Waals surface area contributed by atoms with Gasteiger partial charge in [0.05, 0.1) is 6.54 Å². The molecule has 1 amide bonds. The molecular formula is C22H24N6O2. The first-order valence-electron chi connectivity index (χ1n) is 10.3. The minimum atomic E-state index is -0.0643. The molecule has 154 valence electrons. The van der Waals surface area contributed by atoms with Crippen LogP contribution in [0.4, 0.5) is 5.95 Å². The van der Waals surface area contributed by atoms with Gasteiger partial charge in [-0.2, -0.15) is 0 Å². The van der Waals surface area contributed by atoms with Gasteiger partial charge >= 0.3 is 0 Å². The largest absolute Gasteiger partial charge is 0.447 e. The zero-order chi connectivity index (χ0) is 20.3. The van der Waals surface area contributed by atoms with Crippen molar-refractivity contribution in [1.82, 2.24) is 24.8 Å². The number of rotatable bonds is 4. The van der Waals surface area contributed by atoms with Crippen molar-refractivity contribution in [2.24, 2.45) is 0 Å². The van der Waals surface area contributed by atoms with E-state index in [2.05, 4.69) is 36.9 Å². The second kappa shape index (κ2) is 8.23. The maximum absolute atomic E-state index is 12.9. The summed E-state index contributed by atoms with van der Waals surface area (Å²) in [6, 6.07) is 10.1. The molecule has 1 aromatic carbocycles. The van der Waals surface area contributed by atoms with Crippen molar-refractivity contribution >= 4 is 11.9 Å². The predicted molar refractivity (Wildman–Crippen MR) is 111 cm³/mol. The number of carbonyl (C=O) groups excluding carboxylic acids is 1. The number of hydrogen-bond donors (Lipinski definition) is 0. The van der Waals surface area contributed by atoms with E-state index in [1.165, 1.54) is 17.4 Å². The van der Waals surface area contributed by atoms with E-state index in [1.807, 2.05) is 23.1 Å². The number of carbonyl (C=O) groups is 1. The van der Waals surface area contributed by atoms with Gasteiger partial charge in [0.15, 0.2) is 5.69 Å². The van der Waals surface area contributed by atoms with Crippen molar-refractivity contribution in [2.75, 3.05) is 37.6 Å². The highest BCUT2D eigenvalue weighted by molar-refractivity contribution is 5.92. The molecule has 2 aliphatic rings. The molecule has 0 bridgehead atoms. The molecule has 0 saturated carbocycles. The van der Waals surface area contributed by atoms with Gasteiger partial charge in [0.1, 0.15) is 6.26 Å². The number of aromatic nitrogens is 3. The van der Waals surface area contributed by atoms with Gasteiger partial charge in [-0.1, -0.05) is 24.3 Å². The van der Waals surface area contributed by atoms with Crippen molar-refractivity contribution < 1.29 is 9.21 Å². The van der Waals surface area contributed by atoms with Crippen LogP contribution < -0.4 is 4.90 Å². The summed E-state index contributed by atoms with van der Waals surface area (Å²) in [5.41, 5.74) is 2.92. The Hall–Kier alpha value is -3.26. The summed E-state index contributed by atoms with van der Waals surface area (Å²) < 4.78 is 5.62. The van der Waals surface area contributed by atoms with E-state index < -0.39 is 0 Å². The van der Waals surface area contributed by atoms with Crippen LogP contribution >= 0.6 is 0 Å². The maximum atomic E-state index is 12.9. The van der Waals surface area contributed by atoms with Gasteiger partial charge in [0.2, 0.25) is 11.8 Å². The van der Waals surface area contributed by atoms with Crippen molar-refractivity contribution in [3.8, 4) is 0 Å². The van der Waals surface area contributed by atoms with Crippen LogP contribution in [0.25, 0.3) is 0 Å². The van der Waals surface area contributed by atoms with Crippen LogP contribution in [-0.2, 0) is 19.5 Å². The molecule has 30 heavy (non-hydrogen) atoms. The molecule has 0 unspecified atom stereocenters. The van der Waals surface area contributed by atoms with Crippen LogP contribution in [0.2, 0.25) is 0 Å². The highest BCUT2D eigenvalue weighted by Gasteiger charge is 2.25. The van der Waals surface area contributed by atoms with Gasteiger partial charge in [-0.3, -0.25) is 9.69 Å². The normalized spacial score (nSPS) is 17.1. The highest BCUT2D eigenvalue weighted by atomic mass is 16.3. The van der Waals surface area contributed by atoms with Gasteiger partial charge in [0.25, 0.3) is 5.91 Å². The molecule has 5 rings (SSSR count). The molecule has 2 aromatic heterocycles. The highest BCUT2D eigenvalue weighted by Crippen LogP contribution is 2.20. The summed E-state index contributed by atoms with van der Waals surface area (Å²) in [5, 5.41) is 0. The number of benzene rings is 1. The molecule has 0 N–H and O–H groups in total. The molecule has 0 atom stereocenters. The average molecular weight is 404 g/mol. The Kier molecular flexibility index (Phi) is 5.15. The van der Waals surface area contributed by atoms with Gasteiger partial charge in [-0.15, -0.1) is 0 Å². The SMILES string of the molecule is O=C(c1coc(CN2CCN(c3ncccn3)CC2)n1)N1CCc2ccccc2C1. The second-order valence-corrected chi connectivity index (χ2v) is 7.68. The van der Waals surface area contributed by atoms with Crippen molar-refractivity contribution in [1.29, 1.82) is 0 Å². The third-order valence-electron chi connectivity index (χ3n) is 5.75.